The van der Waals surface area contributed by atoms with E-state index in [2.05, 4.69) is 9.11 Å². The molecule has 122 valence electrons. The average Bonchev–Trinajstić information content (AvgIpc) is 2.85. The second-order valence-corrected chi connectivity index (χ2v) is 5.49. The van der Waals surface area contributed by atoms with Crippen LogP contribution in [0.2, 0.25) is 0 Å². The van der Waals surface area contributed by atoms with Gasteiger partial charge in [0.15, 0.2) is 5.00 Å². The first kappa shape index (κ1) is 16.3. The maximum atomic E-state index is 13.0. The number of alkyl halides is 3. The largest absolute Gasteiger partial charge is 0.444 e. The van der Waals surface area contributed by atoms with Crippen LogP contribution in [0, 0.1) is 16.0 Å². The van der Waals surface area contributed by atoms with E-state index < -0.39 is 42.2 Å². The van der Waals surface area contributed by atoms with Crippen molar-refractivity contribution in [3.8, 4) is 0 Å². The molecule has 1 aliphatic heterocycles. The van der Waals surface area contributed by atoms with Crippen LogP contribution in [0.5, 0.6) is 0 Å². The Morgan fingerprint density at radius 3 is 2.77 bits per heavy atom. The molecule has 1 saturated heterocycles. The fraction of sp³-hybridized carbons (Fsp3) is 0.600. The summed E-state index contributed by atoms with van der Waals surface area (Å²) in [4.78, 5) is 22.1. The molecule has 0 aromatic carbocycles. The number of anilines is 1. The highest BCUT2D eigenvalue weighted by molar-refractivity contribution is 7.10. The summed E-state index contributed by atoms with van der Waals surface area (Å²) < 4.78 is 47.2. The van der Waals surface area contributed by atoms with Gasteiger partial charge in [0.2, 0.25) is 0 Å². The molecule has 2 N–H and O–H groups in total. The van der Waals surface area contributed by atoms with Gasteiger partial charge in [-0.05, 0) is 18.0 Å². The van der Waals surface area contributed by atoms with Crippen molar-refractivity contribution in [1.82, 2.24) is 4.37 Å². The minimum Gasteiger partial charge on any atom is -0.444 e. The lowest BCUT2D eigenvalue weighted by Gasteiger charge is -2.37. The third-order valence-electron chi connectivity index (χ3n) is 3.18. The minimum atomic E-state index is -4.52. The van der Waals surface area contributed by atoms with Crippen molar-refractivity contribution >= 4 is 28.3 Å². The summed E-state index contributed by atoms with van der Waals surface area (Å²) in [7, 11) is 0. The predicted molar refractivity (Wildman–Crippen MR) is 69.6 cm³/mol. The maximum Gasteiger partial charge on any atom is 0.404 e. The molecule has 0 radical (unpaired) electrons. The molecule has 2 rings (SSSR count). The Balaban J connectivity index is 2.27. The summed E-state index contributed by atoms with van der Waals surface area (Å²) in [5, 5.41) is 10.9. The summed E-state index contributed by atoms with van der Waals surface area (Å²) in [6, 6.07) is 0. The molecule has 1 aliphatic rings. The van der Waals surface area contributed by atoms with Crippen LogP contribution in [0.1, 0.15) is 6.42 Å². The van der Waals surface area contributed by atoms with Gasteiger partial charge in [-0.3, -0.25) is 10.1 Å². The number of rotatable bonds is 3. The standard InChI is InChI=1S/C10H11F3N4O4S/c11-10(12,13)5-1-6(21-9(14)18)4-16(3-5)8-7(17(19)20)2-15-22-8/h2,5-6H,1,3-4H2,(H2,14,18)/t5-,6+/m1/s1. The fourth-order valence-corrected chi connectivity index (χ4v) is 3.02. The minimum absolute atomic E-state index is 0.00276. The zero-order valence-corrected chi connectivity index (χ0v) is 11.8. The van der Waals surface area contributed by atoms with E-state index in [1.54, 1.807) is 0 Å². The number of nitrogens with zero attached hydrogens (tertiary/aromatic N) is 3. The molecule has 12 heteroatoms. The fourth-order valence-electron chi connectivity index (χ4n) is 2.28. The Hall–Kier alpha value is -2.11. The topological polar surface area (TPSA) is 112 Å². The molecule has 0 spiro atoms. The zero-order chi connectivity index (χ0) is 16.5. The lowest BCUT2D eigenvalue weighted by Crippen LogP contribution is -2.49. The highest BCUT2D eigenvalue weighted by Gasteiger charge is 2.46. The normalized spacial score (nSPS) is 22.4. The Labute approximate surface area is 126 Å². The highest BCUT2D eigenvalue weighted by atomic mass is 32.1. The van der Waals surface area contributed by atoms with Gasteiger partial charge in [0.1, 0.15) is 12.3 Å². The van der Waals surface area contributed by atoms with Gasteiger partial charge in [-0.15, -0.1) is 0 Å². The Morgan fingerprint density at radius 1 is 1.55 bits per heavy atom. The van der Waals surface area contributed by atoms with E-state index in [-0.39, 0.29) is 17.2 Å². The van der Waals surface area contributed by atoms with E-state index in [1.165, 1.54) is 0 Å². The predicted octanol–water partition coefficient (Wildman–Crippen LogP) is 1.90. The number of nitro groups is 1. The first-order valence-electron chi connectivity index (χ1n) is 6.05. The highest BCUT2D eigenvalue weighted by Crippen LogP contribution is 2.39. The van der Waals surface area contributed by atoms with Crippen LogP contribution in [0.4, 0.5) is 28.7 Å². The van der Waals surface area contributed by atoms with Gasteiger partial charge in [-0.2, -0.15) is 17.5 Å². The number of amides is 1. The molecule has 1 fully saturated rings. The van der Waals surface area contributed by atoms with Crippen molar-refractivity contribution in [2.24, 2.45) is 11.7 Å². The Kier molecular flexibility index (Phi) is 4.39. The molecule has 0 bridgehead atoms. The van der Waals surface area contributed by atoms with E-state index in [4.69, 9.17) is 5.73 Å². The van der Waals surface area contributed by atoms with E-state index in [0.29, 0.717) is 11.5 Å². The number of halogens is 3. The molecule has 8 nitrogen and oxygen atoms in total. The summed E-state index contributed by atoms with van der Waals surface area (Å²) in [5.74, 6) is -1.78. The number of ether oxygens (including phenoxy) is 1. The molecule has 1 aromatic rings. The third kappa shape index (κ3) is 3.55. The van der Waals surface area contributed by atoms with Gasteiger partial charge >= 0.3 is 18.0 Å². The average molecular weight is 340 g/mol. The molecule has 0 saturated carbocycles. The molecule has 22 heavy (non-hydrogen) atoms. The lowest BCUT2D eigenvalue weighted by atomic mass is 9.95. The van der Waals surface area contributed by atoms with Gasteiger partial charge in [0, 0.05) is 6.54 Å². The van der Waals surface area contributed by atoms with Gasteiger partial charge in [0.25, 0.3) is 0 Å². The number of nitrogens with two attached hydrogens (primary N) is 1. The number of hydrogen-bond acceptors (Lipinski definition) is 7. The van der Waals surface area contributed by atoms with Crippen molar-refractivity contribution in [1.29, 1.82) is 0 Å². The summed E-state index contributed by atoms with van der Waals surface area (Å²) in [5.41, 5.74) is 4.46. The molecule has 1 amide bonds. The second kappa shape index (κ2) is 5.94. The van der Waals surface area contributed by atoms with Gasteiger partial charge in [0.05, 0.1) is 17.4 Å². The Morgan fingerprint density at radius 2 is 2.23 bits per heavy atom. The van der Waals surface area contributed by atoms with E-state index in [0.717, 1.165) is 11.1 Å². The van der Waals surface area contributed by atoms with Crippen LogP contribution in [-0.4, -0.2) is 40.8 Å². The van der Waals surface area contributed by atoms with Crippen molar-refractivity contribution in [2.75, 3.05) is 18.0 Å². The van der Waals surface area contributed by atoms with E-state index >= 15 is 0 Å². The quantitative estimate of drug-likeness (QED) is 0.664. The number of carbonyl (C=O) groups is 1. The lowest BCUT2D eigenvalue weighted by molar-refractivity contribution is -0.384. The molecular formula is C10H11F3N4O4S. The summed E-state index contributed by atoms with van der Waals surface area (Å²) in [6.07, 6.45) is -6.26. The van der Waals surface area contributed by atoms with Gasteiger partial charge in [-0.25, -0.2) is 4.79 Å². The van der Waals surface area contributed by atoms with Crippen molar-refractivity contribution in [3.63, 3.8) is 0 Å². The SMILES string of the molecule is NC(=O)O[C@H]1C[C@@H](C(F)(F)F)CN(c2sncc2[N+](=O)[O-])C1. The monoisotopic (exact) mass is 340 g/mol. The number of primary amides is 1. The van der Waals surface area contributed by atoms with Crippen molar-refractivity contribution in [2.45, 2.75) is 18.7 Å². The Bertz CT molecular complexity index is 579. The molecule has 0 aliphatic carbocycles. The molecule has 2 atom stereocenters. The van der Waals surface area contributed by atoms with E-state index in [9.17, 15) is 28.1 Å². The number of aromatic nitrogens is 1. The number of piperidine rings is 1. The summed E-state index contributed by atoms with van der Waals surface area (Å²) in [6.45, 7) is -0.580. The maximum absolute atomic E-state index is 13.0. The van der Waals surface area contributed by atoms with E-state index in [1.807, 2.05) is 0 Å². The van der Waals surface area contributed by atoms with Crippen LogP contribution in [0.15, 0.2) is 6.20 Å². The molecule has 2 heterocycles. The number of carbonyl (C=O) groups excluding carboxylic acids is 1. The molecular weight excluding hydrogens is 329 g/mol. The second-order valence-electron chi connectivity index (χ2n) is 4.71. The van der Waals surface area contributed by atoms with Crippen LogP contribution < -0.4 is 10.6 Å². The van der Waals surface area contributed by atoms with Crippen molar-refractivity contribution in [3.05, 3.63) is 16.3 Å². The first-order chi connectivity index (χ1) is 10.2. The van der Waals surface area contributed by atoms with Crippen LogP contribution in [-0.2, 0) is 4.74 Å². The van der Waals surface area contributed by atoms with Crippen LogP contribution in [0.25, 0.3) is 0 Å². The molecule has 0 unspecified atom stereocenters. The molecule has 1 aromatic heterocycles. The van der Waals surface area contributed by atoms with Crippen LogP contribution >= 0.6 is 11.5 Å². The smallest absolute Gasteiger partial charge is 0.404 e. The first-order valence-corrected chi connectivity index (χ1v) is 6.82. The third-order valence-corrected chi connectivity index (χ3v) is 4.03. The number of hydrogen-bond donors (Lipinski definition) is 1. The van der Waals surface area contributed by atoms with Crippen molar-refractivity contribution < 1.29 is 27.6 Å². The zero-order valence-electron chi connectivity index (χ0n) is 10.9. The summed E-state index contributed by atoms with van der Waals surface area (Å²) >= 11 is 0.713. The van der Waals surface area contributed by atoms with Crippen LogP contribution in [0.3, 0.4) is 0 Å². The van der Waals surface area contributed by atoms with Gasteiger partial charge < -0.3 is 15.4 Å². The van der Waals surface area contributed by atoms with Gasteiger partial charge in [-0.1, -0.05) is 0 Å².